The lowest BCUT2D eigenvalue weighted by molar-refractivity contribution is 0.0142. The highest BCUT2D eigenvalue weighted by molar-refractivity contribution is 5.58. The van der Waals surface area contributed by atoms with Crippen LogP contribution < -0.4 is 14.8 Å². The average molecular weight is 275 g/mol. The van der Waals surface area contributed by atoms with Gasteiger partial charge in [0.15, 0.2) is 11.5 Å². The van der Waals surface area contributed by atoms with Crippen LogP contribution in [0.2, 0.25) is 0 Å². The number of hydrogen-bond donors (Lipinski definition) is 2. The van der Waals surface area contributed by atoms with Crippen molar-refractivity contribution in [3.63, 3.8) is 0 Å². The van der Waals surface area contributed by atoms with E-state index in [4.69, 9.17) is 9.47 Å². The van der Waals surface area contributed by atoms with Crippen LogP contribution >= 0.6 is 0 Å². The van der Waals surface area contributed by atoms with E-state index in [1.807, 2.05) is 6.07 Å². The van der Waals surface area contributed by atoms with Gasteiger partial charge in [0, 0.05) is 23.9 Å². The summed E-state index contributed by atoms with van der Waals surface area (Å²) in [4.78, 5) is 0. The van der Waals surface area contributed by atoms with E-state index >= 15 is 0 Å². The highest BCUT2D eigenvalue weighted by Crippen LogP contribution is 2.56. The molecule has 4 rings (SSSR count). The maximum atomic E-state index is 10.0. The largest absolute Gasteiger partial charge is 0.493 e. The quantitative estimate of drug-likeness (QED) is 0.819. The molecule has 3 atom stereocenters. The third-order valence-corrected chi connectivity index (χ3v) is 5.28. The van der Waals surface area contributed by atoms with Crippen molar-refractivity contribution >= 4 is 0 Å². The molecule has 0 saturated heterocycles. The average Bonchev–Trinajstić information content (AvgIpc) is 2.66. The summed E-state index contributed by atoms with van der Waals surface area (Å²) in [6.45, 7) is 1.90. The molecule has 1 fully saturated rings. The van der Waals surface area contributed by atoms with E-state index in [1.54, 1.807) is 7.11 Å². The summed E-state index contributed by atoms with van der Waals surface area (Å²) in [6, 6.07) is 4.16. The number of rotatable bonds is 1. The molecule has 1 aromatic carbocycles. The van der Waals surface area contributed by atoms with Gasteiger partial charge in [-0.05, 0) is 37.4 Å². The van der Waals surface area contributed by atoms with Gasteiger partial charge in [0.1, 0.15) is 6.10 Å². The number of aliphatic hydroxyl groups is 1. The smallest absolute Gasteiger partial charge is 0.165 e. The molecule has 2 heterocycles. The van der Waals surface area contributed by atoms with E-state index in [1.165, 1.54) is 11.1 Å². The van der Waals surface area contributed by atoms with Gasteiger partial charge in [-0.2, -0.15) is 0 Å². The molecule has 2 N–H and O–H groups in total. The van der Waals surface area contributed by atoms with Crippen LogP contribution in [0.1, 0.15) is 36.8 Å². The van der Waals surface area contributed by atoms with Gasteiger partial charge in [-0.1, -0.05) is 6.07 Å². The van der Waals surface area contributed by atoms with Crippen molar-refractivity contribution in [2.45, 2.75) is 49.9 Å². The zero-order valence-corrected chi connectivity index (χ0v) is 11.8. The van der Waals surface area contributed by atoms with Crippen LogP contribution in [0, 0.1) is 0 Å². The first-order chi connectivity index (χ1) is 9.74. The van der Waals surface area contributed by atoms with Crippen LogP contribution in [0.3, 0.4) is 0 Å². The highest BCUT2D eigenvalue weighted by Gasteiger charge is 2.53. The Kier molecular flexibility index (Phi) is 2.72. The maximum Gasteiger partial charge on any atom is 0.165 e. The number of hydrogen-bond acceptors (Lipinski definition) is 4. The Balaban J connectivity index is 1.91. The second kappa shape index (κ2) is 4.37. The van der Waals surface area contributed by atoms with Gasteiger partial charge >= 0.3 is 0 Å². The zero-order chi connectivity index (χ0) is 13.7. The van der Waals surface area contributed by atoms with Gasteiger partial charge in [0.2, 0.25) is 0 Å². The van der Waals surface area contributed by atoms with Crippen molar-refractivity contribution in [2.24, 2.45) is 0 Å². The molecular weight excluding hydrogens is 254 g/mol. The minimum absolute atomic E-state index is 0.0714. The summed E-state index contributed by atoms with van der Waals surface area (Å²) < 4.78 is 11.8. The van der Waals surface area contributed by atoms with Gasteiger partial charge < -0.3 is 19.9 Å². The molecule has 1 saturated carbocycles. The lowest BCUT2D eigenvalue weighted by Gasteiger charge is -2.39. The molecular formula is C16H21NO3. The molecule has 2 unspecified atom stereocenters. The minimum Gasteiger partial charge on any atom is -0.493 e. The molecule has 0 amide bonds. The van der Waals surface area contributed by atoms with Gasteiger partial charge in [-0.3, -0.25) is 0 Å². The Bertz CT molecular complexity index is 545. The summed E-state index contributed by atoms with van der Waals surface area (Å²) in [7, 11) is 1.69. The molecule has 0 aromatic heterocycles. The number of nitrogens with one attached hydrogen (secondary N) is 1. The minimum atomic E-state index is -0.231. The van der Waals surface area contributed by atoms with Crippen LogP contribution in [0.25, 0.3) is 0 Å². The van der Waals surface area contributed by atoms with E-state index in [0.717, 1.165) is 50.3 Å². The van der Waals surface area contributed by atoms with E-state index < -0.39 is 0 Å². The van der Waals surface area contributed by atoms with E-state index in [-0.39, 0.29) is 17.6 Å². The van der Waals surface area contributed by atoms with Crippen LogP contribution in [0.4, 0.5) is 0 Å². The van der Waals surface area contributed by atoms with Gasteiger partial charge in [-0.15, -0.1) is 0 Å². The molecule has 1 spiro atoms. The molecule has 108 valence electrons. The number of aliphatic hydroxyl groups excluding tert-OH is 1. The SMILES string of the molecule is COc1ccc2c3c1OC1C[C@@H](O)CCC31CCNC2. The molecule has 3 aliphatic rings. The van der Waals surface area contributed by atoms with E-state index in [9.17, 15) is 5.11 Å². The number of ether oxygens (including phenoxy) is 2. The first-order valence-corrected chi connectivity index (χ1v) is 7.50. The van der Waals surface area contributed by atoms with Crippen LogP contribution in [-0.2, 0) is 12.0 Å². The summed E-state index contributed by atoms with van der Waals surface area (Å²) in [5.74, 6) is 1.75. The summed E-state index contributed by atoms with van der Waals surface area (Å²) in [5.41, 5.74) is 2.75. The van der Waals surface area contributed by atoms with Crippen molar-refractivity contribution in [3.05, 3.63) is 23.3 Å². The Morgan fingerprint density at radius 1 is 1.40 bits per heavy atom. The third-order valence-electron chi connectivity index (χ3n) is 5.28. The fraction of sp³-hybridized carbons (Fsp3) is 0.625. The lowest BCUT2D eigenvalue weighted by atomic mass is 9.65. The molecule has 4 nitrogen and oxygen atoms in total. The van der Waals surface area contributed by atoms with E-state index in [0.29, 0.717) is 0 Å². The topological polar surface area (TPSA) is 50.7 Å². The van der Waals surface area contributed by atoms with Crippen LogP contribution in [0.15, 0.2) is 12.1 Å². The van der Waals surface area contributed by atoms with Crippen molar-refractivity contribution in [3.8, 4) is 11.5 Å². The molecule has 20 heavy (non-hydrogen) atoms. The first kappa shape index (κ1) is 12.5. The molecule has 1 aliphatic carbocycles. The van der Waals surface area contributed by atoms with Gasteiger partial charge in [-0.25, -0.2) is 0 Å². The molecule has 0 radical (unpaired) electrons. The highest BCUT2D eigenvalue weighted by atomic mass is 16.5. The van der Waals surface area contributed by atoms with Crippen molar-refractivity contribution in [1.82, 2.24) is 5.32 Å². The molecule has 4 heteroatoms. The second-order valence-electron chi connectivity index (χ2n) is 6.25. The fourth-order valence-corrected chi connectivity index (χ4v) is 4.29. The predicted molar refractivity (Wildman–Crippen MR) is 75.3 cm³/mol. The summed E-state index contributed by atoms with van der Waals surface area (Å²) in [5, 5.41) is 13.5. The normalized spacial score (nSPS) is 34.7. The number of methoxy groups -OCH3 is 1. The van der Waals surface area contributed by atoms with Crippen LogP contribution in [-0.4, -0.2) is 31.0 Å². The monoisotopic (exact) mass is 275 g/mol. The standard InChI is InChI=1S/C16H21NO3/c1-19-12-3-2-10-9-17-7-6-16-5-4-11(18)8-13(16)20-15(12)14(10)16/h2-3,11,13,17-18H,4-9H2,1H3/t11-,13?,16?/m0/s1. The maximum absolute atomic E-state index is 10.0. The third kappa shape index (κ3) is 1.55. The second-order valence-corrected chi connectivity index (χ2v) is 6.25. The molecule has 1 aromatic rings. The molecule has 2 aliphatic heterocycles. The van der Waals surface area contributed by atoms with Crippen molar-refractivity contribution in [2.75, 3.05) is 13.7 Å². The first-order valence-electron chi connectivity index (χ1n) is 7.50. The predicted octanol–water partition coefficient (Wildman–Crippen LogP) is 1.73. The van der Waals surface area contributed by atoms with Gasteiger partial charge in [0.05, 0.1) is 13.2 Å². The Morgan fingerprint density at radius 2 is 2.30 bits per heavy atom. The Morgan fingerprint density at radius 3 is 3.15 bits per heavy atom. The van der Waals surface area contributed by atoms with Crippen molar-refractivity contribution < 1.29 is 14.6 Å². The summed E-state index contributed by atoms with van der Waals surface area (Å²) >= 11 is 0. The number of benzene rings is 1. The molecule has 0 bridgehead atoms. The van der Waals surface area contributed by atoms with Crippen molar-refractivity contribution in [1.29, 1.82) is 0 Å². The summed E-state index contributed by atoms with van der Waals surface area (Å²) in [6.07, 6.45) is 3.56. The Hall–Kier alpha value is -1.26. The lowest BCUT2D eigenvalue weighted by Crippen LogP contribution is -2.45. The van der Waals surface area contributed by atoms with E-state index in [2.05, 4.69) is 11.4 Å². The Labute approximate surface area is 119 Å². The van der Waals surface area contributed by atoms with Crippen LogP contribution in [0.5, 0.6) is 11.5 Å². The zero-order valence-electron chi connectivity index (χ0n) is 11.8. The fourth-order valence-electron chi connectivity index (χ4n) is 4.29. The van der Waals surface area contributed by atoms with Gasteiger partial charge in [0.25, 0.3) is 0 Å².